The average molecular weight is 215 g/mol. The van der Waals surface area contributed by atoms with E-state index in [2.05, 4.69) is 4.99 Å². The fourth-order valence-corrected chi connectivity index (χ4v) is 1.27. The predicted molar refractivity (Wildman–Crippen MR) is 61.8 cm³/mol. The lowest BCUT2D eigenvalue weighted by atomic mass is 10.2. The van der Waals surface area contributed by atoms with Gasteiger partial charge in [-0.1, -0.05) is 12.1 Å². The van der Waals surface area contributed by atoms with E-state index in [0.717, 1.165) is 0 Å². The fourth-order valence-electron chi connectivity index (χ4n) is 1.27. The van der Waals surface area contributed by atoms with Crippen LogP contribution in [0.5, 0.6) is 5.75 Å². The molecule has 0 aliphatic carbocycles. The van der Waals surface area contributed by atoms with Gasteiger partial charge < -0.3 is 5.11 Å². The normalized spacial score (nSPS) is 10.8. The van der Waals surface area contributed by atoms with Crippen molar-refractivity contribution in [2.75, 3.05) is 0 Å². The molecule has 0 aromatic heterocycles. The molecule has 0 fully saturated rings. The summed E-state index contributed by atoms with van der Waals surface area (Å²) in [5.41, 5.74) is 1.27. The van der Waals surface area contributed by atoms with Gasteiger partial charge in [0.05, 0.1) is 5.69 Å². The molecule has 0 bridgehead atoms. The van der Waals surface area contributed by atoms with Crippen molar-refractivity contribution in [3.05, 3.63) is 59.9 Å². The Morgan fingerprint density at radius 2 is 1.69 bits per heavy atom. The highest BCUT2D eigenvalue weighted by molar-refractivity contribution is 5.85. The maximum Gasteiger partial charge on any atom is 0.124 e. The summed E-state index contributed by atoms with van der Waals surface area (Å²) >= 11 is 0. The number of benzene rings is 2. The molecule has 0 heterocycles. The first kappa shape index (κ1) is 10.4. The van der Waals surface area contributed by atoms with E-state index in [0.29, 0.717) is 11.3 Å². The SMILES string of the molecule is Oc1ccccc1/C=N/c1ccc(F)cc1. The standard InChI is InChI=1S/C13H10FNO/c14-11-5-7-12(8-6-11)15-9-10-3-1-2-4-13(10)16/h1-9,16H/b15-9+. The Labute approximate surface area is 92.7 Å². The quantitative estimate of drug-likeness (QED) is 0.766. The smallest absolute Gasteiger partial charge is 0.124 e. The van der Waals surface area contributed by atoms with E-state index < -0.39 is 0 Å². The lowest BCUT2D eigenvalue weighted by Crippen LogP contribution is -1.80. The number of nitrogens with zero attached hydrogens (tertiary/aromatic N) is 1. The minimum Gasteiger partial charge on any atom is -0.507 e. The molecule has 2 rings (SSSR count). The highest BCUT2D eigenvalue weighted by Gasteiger charge is 1.95. The molecule has 2 aromatic carbocycles. The Hall–Kier alpha value is -2.16. The van der Waals surface area contributed by atoms with Crippen LogP contribution in [0.2, 0.25) is 0 Å². The number of halogens is 1. The number of hydrogen-bond acceptors (Lipinski definition) is 2. The van der Waals surface area contributed by atoms with Crippen LogP contribution in [0.3, 0.4) is 0 Å². The number of rotatable bonds is 2. The molecule has 0 saturated heterocycles. The molecular formula is C13H10FNO. The van der Waals surface area contributed by atoms with Crippen LogP contribution in [0.4, 0.5) is 10.1 Å². The van der Waals surface area contributed by atoms with Crippen LogP contribution >= 0.6 is 0 Å². The van der Waals surface area contributed by atoms with Gasteiger partial charge in [-0.15, -0.1) is 0 Å². The van der Waals surface area contributed by atoms with Crippen LogP contribution in [-0.4, -0.2) is 11.3 Å². The van der Waals surface area contributed by atoms with Crippen LogP contribution in [0.25, 0.3) is 0 Å². The van der Waals surface area contributed by atoms with Gasteiger partial charge in [-0.05, 0) is 36.4 Å². The van der Waals surface area contributed by atoms with Crippen LogP contribution < -0.4 is 0 Å². The fraction of sp³-hybridized carbons (Fsp3) is 0. The second-order valence-electron chi connectivity index (χ2n) is 3.29. The van der Waals surface area contributed by atoms with Gasteiger partial charge in [-0.25, -0.2) is 4.39 Å². The van der Waals surface area contributed by atoms with Gasteiger partial charge in [0.25, 0.3) is 0 Å². The van der Waals surface area contributed by atoms with Crippen molar-refractivity contribution in [3.63, 3.8) is 0 Å². The van der Waals surface area contributed by atoms with Gasteiger partial charge >= 0.3 is 0 Å². The zero-order chi connectivity index (χ0) is 11.4. The number of aromatic hydroxyl groups is 1. The molecule has 3 heteroatoms. The third-order valence-electron chi connectivity index (χ3n) is 2.12. The topological polar surface area (TPSA) is 32.6 Å². The van der Waals surface area contributed by atoms with Crippen LogP contribution in [0.1, 0.15) is 5.56 Å². The molecule has 0 aliphatic rings. The summed E-state index contributed by atoms with van der Waals surface area (Å²) < 4.78 is 12.6. The summed E-state index contributed by atoms with van der Waals surface area (Å²) in [6, 6.07) is 12.7. The monoisotopic (exact) mass is 215 g/mol. The lowest BCUT2D eigenvalue weighted by molar-refractivity contribution is 0.474. The average Bonchev–Trinajstić information content (AvgIpc) is 2.30. The van der Waals surface area contributed by atoms with Crippen LogP contribution in [-0.2, 0) is 0 Å². The molecule has 0 radical (unpaired) electrons. The van der Waals surface area contributed by atoms with Crippen molar-refractivity contribution in [2.24, 2.45) is 4.99 Å². The summed E-state index contributed by atoms with van der Waals surface area (Å²) in [5, 5.41) is 9.48. The summed E-state index contributed by atoms with van der Waals surface area (Å²) in [6.07, 6.45) is 1.54. The first-order valence-corrected chi connectivity index (χ1v) is 4.83. The summed E-state index contributed by atoms with van der Waals surface area (Å²) in [5.74, 6) is -0.116. The van der Waals surface area contributed by atoms with Gasteiger partial charge in [-0.2, -0.15) is 0 Å². The zero-order valence-corrected chi connectivity index (χ0v) is 8.47. The number of aliphatic imine (C=N–C) groups is 1. The highest BCUT2D eigenvalue weighted by atomic mass is 19.1. The number of phenols is 1. The van der Waals surface area contributed by atoms with E-state index in [9.17, 15) is 9.50 Å². The Kier molecular flexibility index (Phi) is 2.96. The summed E-state index contributed by atoms with van der Waals surface area (Å²) in [4.78, 5) is 4.13. The Morgan fingerprint density at radius 3 is 2.38 bits per heavy atom. The van der Waals surface area contributed by atoms with Gasteiger partial charge in [0.15, 0.2) is 0 Å². The summed E-state index contributed by atoms with van der Waals surface area (Å²) in [7, 11) is 0. The lowest BCUT2D eigenvalue weighted by Gasteiger charge is -1.97. The second kappa shape index (κ2) is 4.57. The molecule has 0 atom stereocenters. The maximum absolute atomic E-state index is 12.6. The third kappa shape index (κ3) is 2.45. The van der Waals surface area contributed by atoms with Gasteiger partial charge in [0.2, 0.25) is 0 Å². The van der Waals surface area contributed by atoms with E-state index in [1.165, 1.54) is 12.1 Å². The molecular weight excluding hydrogens is 205 g/mol. The molecule has 16 heavy (non-hydrogen) atoms. The Morgan fingerprint density at radius 1 is 1.00 bits per heavy atom. The molecule has 2 aromatic rings. The van der Waals surface area contributed by atoms with E-state index in [-0.39, 0.29) is 11.6 Å². The number of hydrogen-bond donors (Lipinski definition) is 1. The Bertz CT molecular complexity index is 506. The van der Waals surface area contributed by atoms with E-state index >= 15 is 0 Å². The van der Waals surface area contributed by atoms with Gasteiger partial charge in [-0.3, -0.25) is 4.99 Å². The maximum atomic E-state index is 12.6. The summed E-state index contributed by atoms with van der Waals surface area (Å²) in [6.45, 7) is 0. The number of phenolic OH excluding ortho intramolecular Hbond substituents is 1. The van der Waals surface area contributed by atoms with E-state index in [1.54, 1.807) is 36.5 Å². The predicted octanol–water partition coefficient (Wildman–Crippen LogP) is 3.28. The van der Waals surface area contributed by atoms with Crippen LogP contribution in [0, 0.1) is 5.82 Å². The molecule has 80 valence electrons. The minimum atomic E-state index is -0.290. The van der Waals surface area contributed by atoms with Crippen molar-refractivity contribution in [1.82, 2.24) is 0 Å². The zero-order valence-electron chi connectivity index (χ0n) is 8.47. The largest absolute Gasteiger partial charge is 0.507 e. The first-order valence-electron chi connectivity index (χ1n) is 4.83. The second-order valence-corrected chi connectivity index (χ2v) is 3.29. The molecule has 0 aliphatic heterocycles. The van der Waals surface area contributed by atoms with Crippen LogP contribution in [0.15, 0.2) is 53.5 Å². The van der Waals surface area contributed by atoms with Crippen molar-refractivity contribution < 1.29 is 9.50 Å². The molecule has 0 spiro atoms. The molecule has 2 nitrogen and oxygen atoms in total. The van der Waals surface area contributed by atoms with Crippen molar-refractivity contribution >= 4 is 11.9 Å². The molecule has 0 unspecified atom stereocenters. The van der Waals surface area contributed by atoms with E-state index in [4.69, 9.17) is 0 Å². The first-order chi connectivity index (χ1) is 7.75. The third-order valence-corrected chi connectivity index (χ3v) is 2.12. The van der Waals surface area contributed by atoms with Crippen molar-refractivity contribution in [3.8, 4) is 5.75 Å². The molecule has 1 N–H and O–H groups in total. The van der Waals surface area contributed by atoms with Gasteiger partial charge in [0.1, 0.15) is 11.6 Å². The Balaban J connectivity index is 2.21. The van der Waals surface area contributed by atoms with E-state index in [1.807, 2.05) is 6.07 Å². The highest BCUT2D eigenvalue weighted by Crippen LogP contribution is 2.16. The van der Waals surface area contributed by atoms with Crippen molar-refractivity contribution in [2.45, 2.75) is 0 Å². The molecule has 0 amide bonds. The molecule has 0 saturated carbocycles. The van der Waals surface area contributed by atoms with Crippen molar-refractivity contribution in [1.29, 1.82) is 0 Å². The number of para-hydroxylation sites is 1. The van der Waals surface area contributed by atoms with Gasteiger partial charge in [0, 0.05) is 11.8 Å². The minimum absolute atomic E-state index is 0.174.